The van der Waals surface area contributed by atoms with Crippen molar-refractivity contribution >= 4 is 0 Å². The molecule has 0 N–H and O–H groups in total. The number of nitriles is 2. The molecule has 6 heteroatoms. The highest BCUT2D eigenvalue weighted by Crippen LogP contribution is 2.32. The summed E-state index contributed by atoms with van der Waals surface area (Å²) in [5.41, 5.74) is 0. The Kier molecular flexibility index (Phi) is 15.4. The van der Waals surface area contributed by atoms with Gasteiger partial charge >= 0.3 is 0 Å². The van der Waals surface area contributed by atoms with Gasteiger partial charge in [-0.3, -0.25) is 0 Å². The minimum absolute atomic E-state index is 0.507. The van der Waals surface area contributed by atoms with Crippen LogP contribution < -0.4 is 0 Å². The van der Waals surface area contributed by atoms with E-state index in [0.717, 1.165) is 94.9 Å². The van der Waals surface area contributed by atoms with Gasteiger partial charge in [0.15, 0.2) is 0 Å². The zero-order valence-corrected chi connectivity index (χ0v) is 21.0. The Bertz CT molecular complexity index is 675. The summed E-state index contributed by atoms with van der Waals surface area (Å²) in [5.74, 6) is 2.94. The SMILES string of the molecule is C=C1N(CCCCCCC)C(=C)N(CCCCCCOC#N)C(=C)N1CCCCCCC#N. The van der Waals surface area contributed by atoms with Gasteiger partial charge in [0.2, 0.25) is 0 Å². The molecule has 0 atom stereocenters. The molecule has 1 heterocycles. The molecule has 1 saturated heterocycles. The summed E-state index contributed by atoms with van der Waals surface area (Å²) < 4.78 is 4.76. The predicted molar refractivity (Wildman–Crippen MR) is 135 cm³/mol. The third-order valence-corrected chi connectivity index (χ3v) is 6.22. The molecule has 0 unspecified atom stereocenters. The van der Waals surface area contributed by atoms with Crippen LogP contribution in [-0.4, -0.2) is 40.9 Å². The van der Waals surface area contributed by atoms with Crippen molar-refractivity contribution in [1.29, 1.82) is 10.5 Å². The van der Waals surface area contributed by atoms with E-state index in [4.69, 9.17) is 15.3 Å². The smallest absolute Gasteiger partial charge is 0.286 e. The van der Waals surface area contributed by atoms with Crippen molar-refractivity contribution in [2.75, 3.05) is 26.2 Å². The lowest BCUT2D eigenvalue weighted by Gasteiger charge is -2.49. The maximum absolute atomic E-state index is 8.72. The highest BCUT2D eigenvalue weighted by atomic mass is 16.5. The van der Waals surface area contributed by atoms with Crippen LogP contribution in [0.5, 0.6) is 0 Å². The van der Waals surface area contributed by atoms with E-state index in [1.54, 1.807) is 6.26 Å². The van der Waals surface area contributed by atoms with Gasteiger partial charge in [0.25, 0.3) is 6.26 Å². The van der Waals surface area contributed by atoms with Crippen LogP contribution in [0.4, 0.5) is 0 Å². The first kappa shape index (κ1) is 28.4. The fourth-order valence-corrected chi connectivity index (χ4v) is 4.20. The van der Waals surface area contributed by atoms with E-state index in [1.165, 1.54) is 25.7 Å². The molecule has 0 bridgehead atoms. The summed E-state index contributed by atoms with van der Waals surface area (Å²) in [6.07, 6.45) is 16.9. The van der Waals surface area contributed by atoms with Gasteiger partial charge in [0, 0.05) is 26.1 Å². The van der Waals surface area contributed by atoms with E-state index in [-0.39, 0.29) is 0 Å². The molecular weight excluding hydrogens is 410 g/mol. The van der Waals surface area contributed by atoms with E-state index >= 15 is 0 Å². The van der Waals surface area contributed by atoms with Crippen molar-refractivity contribution in [1.82, 2.24) is 14.7 Å². The summed E-state index contributed by atoms with van der Waals surface area (Å²) in [6, 6.07) is 2.23. The van der Waals surface area contributed by atoms with Gasteiger partial charge in [-0.05, 0) is 38.5 Å². The Morgan fingerprint density at radius 1 is 0.636 bits per heavy atom. The summed E-state index contributed by atoms with van der Waals surface area (Å²) in [4.78, 5) is 6.78. The first-order valence-electron chi connectivity index (χ1n) is 12.9. The third-order valence-electron chi connectivity index (χ3n) is 6.22. The minimum atomic E-state index is 0.507. The lowest BCUT2D eigenvalue weighted by atomic mass is 10.1. The number of hydrogen-bond acceptors (Lipinski definition) is 6. The Morgan fingerprint density at radius 2 is 1.06 bits per heavy atom. The van der Waals surface area contributed by atoms with Crippen LogP contribution in [-0.2, 0) is 4.74 Å². The van der Waals surface area contributed by atoms with E-state index in [1.807, 2.05) is 0 Å². The van der Waals surface area contributed by atoms with Crippen molar-refractivity contribution in [2.45, 2.75) is 96.8 Å². The molecule has 1 rings (SSSR count). The average molecular weight is 456 g/mol. The first-order chi connectivity index (χ1) is 16.1. The number of hydrogen-bond donors (Lipinski definition) is 0. The van der Waals surface area contributed by atoms with Gasteiger partial charge in [0.05, 0.1) is 6.07 Å². The standard InChI is InChI=1S/C27H45N5O/c1-5-6-7-10-15-20-30-25(2)31(21-16-11-8-9-14-19-28)27(4)32(26(30)3)22-17-12-13-18-23-33-24-29/h2-18,20-23H2,1H3. The molecule has 0 radical (unpaired) electrons. The average Bonchev–Trinajstić information content (AvgIpc) is 2.81. The maximum Gasteiger partial charge on any atom is 0.286 e. The molecule has 1 aliphatic rings. The van der Waals surface area contributed by atoms with Crippen LogP contribution >= 0.6 is 0 Å². The molecule has 184 valence electrons. The maximum atomic E-state index is 8.72. The molecule has 1 fully saturated rings. The fraction of sp³-hybridized carbons (Fsp3) is 0.704. The number of unbranched alkanes of at least 4 members (excludes halogenated alkanes) is 11. The van der Waals surface area contributed by atoms with Gasteiger partial charge in [0.1, 0.15) is 24.1 Å². The second kappa shape index (κ2) is 17.9. The van der Waals surface area contributed by atoms with Crippen molar-refractivity contribution < 1.29 is 4.74 Å². The number of ether oxygens (including phenoxy) is 1. The molecule has 33 heavy (non-hydrogen) atoms. The van der Waals surface area contributed by atoms with Crippen LogP contribution in [0, 0.1) is 22.8 Å². The number of nitrogens with zero attached hydrogens (tertiary/aromatic N) is 5. The first-order valence-corrected chi connectivity index (χ1v) is 12.9. The van der Waals surface area contributed by atoms with Crippen molar-refractivity contribution in [3.8, 4) is 12.3 Å². The van der Waals surface area contributed by atoms with Crippen molar-refractivity contribution in [3.05, 3.63) is 37.2 Å². The van der Waals surface area contributed by atoms with Crippen LogP contribution in [0.2, 0.25) is 0 Å². The van der Waals surface area contributed by atoms with Crippen LogP contribution in [0.3, 0.4) is 0 Å². The monoisotopic (exact) mass is 455 g/mol. The second-order valence-corrected chi connectivity index (χ2v) is 8.79. The Balaban J connectivity index is 2.66. The Hall–Kier alpha value is -2.60. The molecular formula is C27H45N5O. The van der Waals surface area contributed by atoms with Gasteiger partial charge in [-0.25, -0.2) is 0 Å². The molecule has 0 saturated carbocycles. The normalized spacial score (nSPS) is 13.9. The molecule has 6 nitrogen and oxygen atoms in total. The molecule has 1 aliphatic heterocycles. The summed E-state index contributed by atoms with van der Waals surface area (Å²) in [6.45, 7) is 18.7. The van der Waals surface area contributed by atoms with E-state index in [2.05, 4.69) is 47.4 Å². The van der Waals surface area contributed by atoms with Gasteiger partial charge in [-0.2, -0.15) is 10.5 Å². The highest BCUT2D eigenvalue weighted by molar-refractivity contribution is 5.21. The van der Waals surface area contributed by atoms with E-state index in [9.17, 15) is 0 Å². The highest BCUT2D eigenvalue weighted by Gasteiger charge is 2.31. The third kappa shape index (κ3) is 10.7. The lowest BCUT2D eigenvalue weighted by molar-refractivity contribution is 0.126. The fourth-order valence-electron chi connectivity index (χ4n) is 4.20. The Labute approximate surface area is 202 Å². The molecule has 0 aromatic carbocycles. The summed E-state index contributed by atoms with van der Waals surface area (Å²) in [5, 5.41) is 17.2. The molecule has 0 amide bonds. The topological polar surface area (TPSA) is 66.5 Å². The van der Waals surface area contributed by atoms with Crippen LogP contribution in [0.1, 0.15) is 96.8 Å². The van der Waals surface area contributed by atoms with E-state index in [0.29, 0.717) is 13.0 Å². The Morgan fingerprint density at radius 3 is 1.48 bits per heavy atom. The quantitative estimate of drug-likeness (QED) is 0.157. The minimum Gasteiger partial charge on any atom is -0.428 e. The second-order valence-electron chi connectivity index (χ2n) is 8.79. The van der Waals surface area contributed by atoms with Crippen LogP contribution in [0.15, 0.2) is 37.2 Å². The van der Waals surface area contributed by atoms with Gasteiger partial charge < -0.3 is 19.4 Å². The molecule has 0 aromatic heterocycles. The zero-order valence-electron chi connectivity index (χ0n) is 21.0. The lowest BCUT2D eigenvalue weighted by Crippen LogP contribution is -2.49. The van der Waals surface area contributed by atoms with Crippen molar-refractivity contribution in [3.63, 3.8) is 0 Å². The molecule has 0 aromatic rings. The molecule has 0 spiro atoms. The van der Waals surface area contributed by atoms with Gasteiger partial charge in [-0.15, -0.1) is 0 Å². The van der Waals surface area contributed by atoms with Crippen molar-refractivity contribution in [2.24, 2.45) is 0 Å². The van der Waals surface area contributed by atoms with Crippen LogP contribution in [0.25, 0.3) is 0 Å². The summed E-state index contributed by atoms with van der Waals surface area (Å²) >= 11 is 0. The van der Waals surface area contributed by atoms with Gasteiger partial charge in [-0.1, -0.05) is 71.6 Å². The van der Waals surface area contributed by atoms with E-state index < -0.39 is 0 Å². The number of rotatable bonds is 19. The zero-order chi connectivity index (χ0) is 24.3. The predicted octanol–water partition coefficient (Wildman–Crippen LogP) is 6.82. The summed E-state index contributed by atoms with van der Waals surface area (Å²) in [7, 11) is 0. The largest absolute Gasteiger partial charge is 0.428 e. The molecule has 0 aliphatic carbocycles.